The van der Waals surface area contributed by atoms with Crippen molar-refractivity contribution in [3.63, 3.8) is 0 Å². The van der Waals surface area contributed by atoms with Crippen LogP contribution >= 0.6 is 0 Å². The van der Waals surface area contributed by atoms with Crippen molar-refractivity contribution in [2.45, 2.75) is 45.5 Å². The van der Waals surface area contributed by atoms with Gasteiger partial charge in [-0.05, 0) is 54.9 Å². The minimum Gasteiger partial charge on any atom is -0.206 e. The first-order chi connectivity index (χ1) is 7.80. The lowest BCUT2D eigenvalue weighted by Gasteiger charge is -2.18. The summed E-state index contributed by atoms with van der Waals surface area (Å²) in [4.78, 5) is 0. The van der Waals surface area contributed by atoms with Crippen molar-refractivity contribution in [2.24, 2.45) is 5.92 Å². The van der Waals surface area contributed by atoms with Crippen LogP contribution in [0.5, 0.6) is 0 Å². The first-order valence-electron chi connectivity index (χ1n) is 5.99. The molecule has 1 aliphatic rings. The smallest absolute Gasteiger partial charge is 0.206 e. The molecule has 0 heterocycles. The fourth-order valence-corrected chi connectivity index (χ4v) is 2.37. The third-order valence-electron chi connectivity index (χ3n) is 3.65. The van der Waals surface area contributed by atoms with Gasteiger partial charge in [-0.1, -0.05) is 6.92 Å². The van der Waals surface area contributed by atoms with Gasteiger partial charge in [0.15, 0.2) is 0 Å². The normalized spacial score (nSPS) is 18.2. The van der Waals surface area contributed by atoms with Gasteiger partial charge in [0, 0.05) is 6.92 Å². The number of benzene rings is 1. The van der Waals surface area contributed by atoms with E-state index in [0.717, 1.165) is 30.9 Å². The highest BCUT2D eigenvalue weighted by Crippen LogP contribution is 2.44. The number of rotatable bonds is 3. The second kappa shape index (κ2) is 4.04. The molecular formula is C14H17F3. The Labute approximate surface area is 99.8 Å². The van der Waals surface area contributed by atoms with Gasteiger partial charge in [0.25, 0.3) is 5.92 Å². The van der Waals surface area contributed by atoms with Gasteiger partial charge in [-0.2, -0.15) is 0 Å². The molecule has 1 atom stereocenters. The molecule has 0 aromatic heterocycles. The summed E-state index contributed by atoms with van der Waals surface area (Å²) < 4.78 is 40.0. The molecular weight excluding hydrogens is 225 g/mol. The van der Waals surface area contributed by atoms with Crippen LogP contribution in [0.15, 0.2) is 12.1 Å². The Hall–Kier alpha value is -0.990. The van der Waals surface area contributed by atoms with Crippen molar-refractivity contribution in [3.8, 4) is 0 Å². The quantitative estimate of drug-likeness (QED) is 0.717. The van der Waals surface area contributed by atoms with Crippen molar-refractivity contribution in [1.29, 1.82) is 0 Å². The van der Waals surface area contributed by atoms with Gasteiger partial charge in [-0.15, -0.1) is 0 Å². The molecule has 94 valence electrons. The molecule has 1 fully saturated rings. The molecule has 1 aliphatic carbocycles. The number of aryl methyl sites for hydroxylation is 1. The monoisotopic (exact) mass is 242 g/mol. The number of hydrogen-bond donors (Lipinski definition) is 0. The lowest BCUT2D eigenvalue weighted by Crippen LogP contribution is -2.12. The zero-order valence-corrected chi connectivity index (χ0v) is 10.4. The Morgan fingerprint density at radius 1 is 1.29 bits per heavy atom. The molecule has 0 bridgehead atoms. The summed E-state index contributed by atoms with van der Waals surface area (Å²) in [6.45, 7) is 4.56. The number of halogens is 3. The van der Waals surface area contributed by atoms with Crippen LogP contribution in [0.3, 0.4) is 0 Å². The van der Waals surface area contributed by atoms with Gasteiger partial charge in [-0.25, -0.2) is 13.2 Å². The van der Waals surface area contributed by atoms with Crippen molar-refractivity contribution < 1.29 is 13.2 Å². The third kappa shape index (κ3) is 2.48. The summed E-state index contributed by atoms with van der Waals surface area (Å²) >= 11 is 0. The first-order valence-corrected chi connectivity index (χ1v) is 5.99. The fourth-order valence-electron chi connectivity index (χ4n) is 2.37. The first kappa shape index (κ1) is 12.5. The van der Waals surface area contributed by atoms with E-state index in [2.05, 4.69) is 0 Å². The molecule has 1 aromatic rings. The molecule has 0 amide bonds. The fraction of sp³-hybridized carbons (Fsp3) is 0.571. The van der Waals surface area contributed by atoms with Crippen LogP contribution in [-0.4, -0.2) is 0 Å². The van der Waals surface area contributed by atoms with Gasteiger partial charge in [0.05, 0.1) is 5.56 Å². The van der Waals surface area contributed by atoms with E-state index < -0.39 is 17.3 Å². The van der Waals surface area contributed by atoms with Crippen LogP contribution in [0.2, 0.25) is 0 Å². The molecule has 1 saturated carbocycles. The lowest BCUT2D eigenvalue weighted by atomic mass is 9.90. The molecule has 2 rings (SSSR count). The summed E-state index contributed by atoms with van der Waals surface area (Å²) in [6.07, 6.45) is 2.32. The molecule has 0 nitrogen and oxygen atoms in total. The maximum Gasteiger partial charge on any atom is 0.273 e. The highest BCUT2D eigenvalue weighted by molar-refractivity contribution is 5.37. The van der Waals surface area contributed by atoms with Crippen molar-refractivity contribution in [3.05, 3.63) is 34.6 Å². The average molecular weight is 242 g/mol. The van der Waals surface area contributed by atoms with Gasteiger partial charge in [0.2, 0.25) is 0 Å². The van der Waals surface area contributed by atoms with E-state index in [9.17, 15) is 13.2 Å². The zero-order chi connectivity index (χ0) is 12.8. The second-order valence-corrected chi connectivity index (χ2v) is 5.20. The average Bonchev–Trinajstić information content (AvgIpc) is 3.01. The number of alkyl halides is 2. The molecule has 0 spiro atoms. The molecule has 17 heavy (non-hydrogen) atoms. The van der Waals surface area contributed by atoms with Gasteiger partial charge in [0.1, 0.15) is 5.82 Å². The Bertz CT molecular complexity index is 428. The Kier molecular flexibility index (Phi) is 2.96. The van der Waals surface area contributed by atoms with Gasteiger partial charge >= 0.3 is 0 Å². The van der Waals surface area contributed by atoms with Crippen LogP contribution in [-0.2, 0) is 5.92 Å². The Morgan fingerprint density at radius 3 is 2.35 bits per heavy atom. The van der Waals surface area contributed by atoms with E-state index >= 15 is 0 Å². The second-order valence-electron chi connectivity index (χ2n) is 5.20. The molecule has 0 unspecified atom stereocenters. The van der Waals surface area contributed by atoms with Crippen LogP contribution in [0.1, 0.15) is 49.3 Å². The molecule has 0 saturated heterocycles. The Morgan fingerprint density at radius 2 is 1.88 bits per heavy atom. The summed E-state index contributed by atoms with van der Waals surface area (Å²) in [7, 11) is 0. The van der Waals surface area contributed by atoms with Gasteiger partial charge < -0.3 is 0 Å². The molecule has 1 aromatic carbocycles. The summed E-state index contributed by atoms with van der Waals surface area (Å²) in [6, 6.07) is 2.59. The molecule has 0 radical (unpaired) electrons. The minimum absolute atomic E-state index is 0.268. The van der Waals surface area contributed by atoms with Crippen LogP contribution in [0.25, 0.3) is 0 Å². The predicted octanol–water partition coefficient (Wildman–Crippen LogP) is 4.76. The number of hydrogen-bond acceptors (Lipinski definition) is 0. The summed E-state index contributed by atoms with van der Waals surface area (Å²) in [5.41, 5.74) is 1.14. The van der Waals surface area contributed by atoms with Crippen molar-refractivity contribution >= 4 is 0 Å². The van der Waals surface area contributed by atoms with Crippen molar-refractivity contribution in [2.75, 3.05) is 0 Å². The summed E-state index contributed by atoms with van der Waals surface area (Å²) in [5.74, 6) is -3.04. The van der Waals surface area contributed by atoms with E-state index in [4.69, 9.17) is 0 Å². The molecule has 3 heteroatoms. The highest BCUT2D eigenvalue weighted by atomic mass is 19.3. The van der Waals surface area contributed by atoms with Crippen LogP contribution in [0.4, 0.5) is 13.2 Å². The van der Waals surface area contributed by atoms with E-state index in [1.165, 1.54) is 12.1 Å². The minimum atomic E-state index is -3.11. The van der Waals surface area contributed by atoms with Crippen molar-refractivity contribution in [1.82, 2.24) is 0 Å². The molecule has 0 N–H and O–H groups in total. The predicted molar refractivity (Wildman–Crippen MR) is 61.8 cm³/mol. The standard InChI is InChI=1S/C14H17F3/c1-8-6-12(14(3,16)17)13(15)7-11(8)9(2)10-4-5-10/h6-7,9-10H,4-5H2,1-3H3/t9-/m1/s1. The topological polar surface area (TPSA) is 0 Å². The Balaban J connectivity index is 2.41. The molecule has 0 aliphatic heterocycles. The van der Waals surface area contributed by atoms with E-state index in [-0.39, 0.29) is 5.92 Å². The van der Waals surface area contributed by atoms with Crippen LogP contribution < -0.4 is 0 Å². The largest absolute Gasteiger partial charge is 0.273 e. The maximum atomic E-state index is 13.7. The van der Waals surface area contributed by atoms with E-state index in [1.54, 1.807) is 6.92 Å². The summed E-state index contributed by atoms with van der Waals surface area (Å²) in [5, 5.41) is 0. The van der Waals surface area contributed by atoms with E-state index in [1.807, 2.05) is 6.92 Å². The van der Waals surface area contributed by atoms with E-state index in [0.29, 0.717) is 5.92 Å². The van der Waals surface area contributed by atoms with Gasteiger partial charge in [-0.3, -0.25) is 0 Å². The SMILES string of the molecule is Cc1cc(C(C)(F)F)c(F)cc1[C@H](C)C1CC1. The van der Waals surface area contributed by atoms with Crippen LogP contribution in [0, 0.1) is 18.7 Å². The third-order valence-corrected chi connectivity index (χ3v) is 3.65. The zero-order valence-electron chi connectivity index (χ0n) is 10.4. The highest BCUT2D eigenvalue weighted by Gasteiger charge is 2.33. The maximum absolute atomic E-state index is 13.7. The lowest BCUT2D eigenvalue weighted by molar-refractivity contribution is 0.0136.